The Bertz CT molecular complexity index is 350. The molecule has 1 aromatic carbocycles. The first-order valence-electron chi connectivity index (χ1n) is 4.90. The summed E-state index contributed by atoms with van der Waals surface area (Å²) in [7, 11) is 0. The Morgan fingerprint density at radius 3 is 2.93 bits per heavy atom. The zero-order valence-electron chi connectivity index (χ0n) is 8.79. The van der Waals surface area contributed by atoms with Crippen molar-refractivity contribution >= 4 is 17.3 Å². The van der Waals surface area contributed by atoms with Gasteiger partial charge in [-0.2, -0.15) is 0 Å². The SMILES string of the molecule is Cc1ccc(N)cc1NC(=O)CCCO. The number of amides is 1. The monoisotopic (exact) mass is 208 g/mol. The van der Waals surface area contributed by atoms with Crippen LogP contribution in [0.3, 0.4) is 0 Å². The van der Waals surface area contributed by atoms with Gasteiger partial charge in [-0.15, -0.1) is 0 Å². The Morgan fingerprint density at radius 1 is 1.53 bits per heavy atom. The molecular weight excluding hydrogens is 192 g/mol. The molecule has 0 aliphatic carbocycles. The molecule has 82 valence electrons. The van der Waals surface area contributed by atoms with Crippen LogP contribution in [0, 0.1) is 6.92 Å². The van der Waals surface area contributed by atoms with Crippen molar-refractivity contribution in [3.8, 4) is 0 Å². The molecular formula is C11H16N2O2. The molecule has 1 rings (SSSR count). The third kappa shape index (κ3) is 3.59. The third-order valence-corrected chi connectivity index (χ3v) is 2.10. The fourth-order valence-corrected chi connectivity index (χ4v) is 1.23. The molecule has 0 unspecified atom stereocenters. The Hall–Kier alpha value is -1.55. The van der Waals surface area contributed by atoms with Crippen LogP contribution in [0.2, 0.25) is 0 Å². The molecule has 0 bridgehead atoms. The second-order valence-corrected chi connectivity index (χ2v) is 3.45. The smallest absolute Gasteiger partial charge is 0.224 e. The van der Waals surface area contributed by atoms with Gasteiger partial charge in [-0.1, -0.05) is 6.07 Å². The van der Waals surface area contributed by atoms with Crippen LogP contribution in [-0.2, 0) is 4.79 Å². The van der Waals surface area contributed by atoms with Crippen molar-refractivity contribution in [2.75, 3.05) is 17.7 Å². The van der Waals surface area contributed by atoms with E-state index in [1.54, 1.807) is 12.1 Å². The van der Waals surface area contributed by atoms with Crippen molar-refractivity contribution in [2.24, 2.45) is 0 Å². The lowest BCUT2D eigenvalue weighted by Crippen LogP contribution is -2.12. The summed E-state index contributed by atoms with van der Waals surface area (Å²) < 4.78 is 0. The number of aryl methyl sites for hydroxylation is 1. The van der Waals surface area contributed by atoms with Gasteiger partial charge in [0.1, 0.15) is 0 Å². The van der Waals surface area contributed by atoms with Crippen LogP contribution >= 0.6 is 0 Å². The molecule has 0 saturated heterocycles. The van der Waals surface area contributed by atoms with E-state index in [1.165, 1.54) is 0 Å². The maximum absolute atomic E-state index is 11.4. The lowest BCUT2D eigenvalue weighted by molar-refractivity contribution is -0.116. The molecule has 15 heavy (non-hydrogen) atoms. The van der Waals surface area contributed by atoms with Gasteiger partial charge in [-0.05, 0) is 31.0 Å². The molecule has 4 heteroatoms. The number of hydrogen-bond donors (Lipinski definition) is 3. The van der Waals surface area contributed by atoms with E-state index < -0.39 is 0 Å². The summed E-state index contributed by atoms with van der Waals surface area (Å²) in [5.41, 5.74) is 7.94. The number of rotatable bonds is 4. The van der Waals surface area contributed by atoms with E-state index in [0.717, 1.165) is 11.3 Å². The molecule has 4 N–H and O–H groups in total. The summed E-state index contributed by atoms with van der Waals surface area (Å²) in [6, 6.07) is 5.38. The average molecular weight is 208 g/mol. The van der Waals surface area contributed by atoms with Crippen LogP contribution in [0.4, 0.5) is 11.4 Å². The molecule has 0 spiro atoms. The van der Waals surface area contributed by atoms with Gasteiger partial charge < -0.3 is 16.2 Å². The number of nitrogen functional groups attached to an aromatic ring is 1. The predicted octanol–water partition coefficient (Wildman–Crippen LogP) is 1.29. The van der Waals surface area contributed by atoms with Crippen molar-refractivity contribution in [1.82, 2.24) is 0 Å². The maximum atomic E-state index is 11.4. The first-order chi connectivity index (χ1) is 7.13. The van der Waals surface area contributed by atoms with E-state index in [4.69, 9.17) is 10.8 Å². The molecule has 0 heterocycles. The summed E-state index contributed by atoms with van der Waals surface area (Å²) in [6.45, 7) is 1.93. The predicted molar refractivity (Wildman–Crippen MR) is 60.5 cm³/mol. The van der Waals surface area contributed by atoms with Gasteiger partial charge in [0.25, 0.3) is 0 Å². The number of aliphatic hydroxyl groups is 1. The van der Waals surface area contributed by atoms with Gasteiger partial charge in [0.05, 0.1) is 0 Å². The largest absolute Gasteiger partial charge is 0.399 e. The highest BCUT2D eigenvalue weighted by atomic mass is 16.3. The summed E-state index contributed by atoms with van der Waals surface area (Å²) in [4.78, 5) is 11.4. The van der Waals surface area contributed by atoms with Crippen LogP contribution in [-0.4, -0.2) is 17.6 Å². The van der Waals surface area contributed by atoms with E-state index in [2.05, 4.69) is 5.32 Å². The zero-order chi connectivity index (χ0) is 11.3. The van der Waals surface area contributed by atoms with Crippen molar-refractivity contribution in [3.05, 3.63) is 23.8 Å². The molecule has 0 aromatic heterocycles. The molecule has 0 atom stereocenters. The summed E-state index contributed by atoms with van der Waals surface area (Å²) in [5, 5.41) is 11.3. The molecule has 0 radical (unpaired) electrons. The van der Waals surface area contributed by atoms with Gasteiger partial charge in [-0.3, -0.25) is 4.79 Å². The van der Waals surface area contributed by atoms with Crippen molar-refractivity contribution in [1.29, 1.82) is 0 Å². The molecule has 4 nitrogen and oxygen atoms in total. The minimum absolute atomic E-state index is 0.0311. The fourth-order valence-electron chi connectivity index (χ4n) is 1.23. The Morgan fingerprint density at radius 2 is 2.27 bits per heavy atom. The fraction of sp³-hybridized carbons (Fsp3) is 0.364. The molecule has 0 aliphatic heterocycles. The quantitative estimate of drug-likeness (QED) is 0.652. The van der Waals surface area contributed by atoms with Crippen LogP contribution in [0.15, 0.2) is 18.2 Å². The van der Waals surface area contributed by atoms with Gasteiger partial charge in [0, 0.05) is 24.4 Å². The second kappa shape index (κ2) is 5.36. The summed E-state index contributed by atoms with van der Waals surface area (Å²) >= 11 is 0. The highest BCUT2D eigenvalue weighted by Gasteiger charge is 2.04. The number of anilines is 2. The minimum Gasteiger partial charge on any atom is -0.399 e. The molecule has 0 fully saturated rings. The maximum Gasteiger partial charge on any atom is 0.224 e. The van der Waals surface area contributed by atoms with Gasteiger partial charge >= 0.3 is 0 Å². The van der Waals surface area contributed by atoms with E-state index in [0.29, 0.717) is 18.5 Å². The number of nitrogens with two attached hydrogens (primary N) is 1. The Balaban J connectivity index is 2.63. The average Bonchev–Trinajstić information content (AvgIpc) is 2.20. The summed E-state index contributed by atoms with van der Waals surface area (Å²) in [6.07, 6.45) is 0.804. The number of nitrogens with one attached hydrogen (secondary N) is 1. The van der Waals surface area contributed by atoms with Crippen molar-refractivity contribution in [3.63, 3.8) is 0 Å². The molecule has 1 aromatic rings. The third-order valence-electron chi connectivity index (χ3n) is 2.10. The lowest BCUT2D eigenvalue weighted by atomic mass is 10.1. The van der Waals surface area contributed by atoms with Crippen LogP contribution in [0.1, 0.15) is 18.4 Å². The first-order valence-corrected chi connectivity index (χ1v) is 4.90. The first kappa shape index (κ1) is 11.5. The zero-order valence-corrected chi connectivity index (χ0v) is 8.79. The van der Waals surface area contributed by atoms with Gasteiger partial charge in [-0.25, -0.2) is 0 Å². The van der Waals surface area contributed by atoms with E-state index in [1.807, 2.05) is 13.0 Å². The van der Waals surface area contributed by atoms with Crippen LogP contribution < -0.4 is 11.1 Å². The Kier molecular flexibility index (Phi) is 4.12. The number of carbonyl (C=O) groups is 1. The van der Waals surface area contributed by atoms with E-state index >= 15 is 0 Å². The number of hydrogen-bond acceptors (Lipinski definition) is 3. The Labute approximate surface area is 89.1 Å². The van der Waals surface area contributed by atoms with Gasteiger partial charge in [0.2, 0.25) is 5.91 Å². The topological polar surface area (TPSA) is 75.3 Å². The van der Waals surface area contributed by atoms with E-state index in [9.17, 15) is 4.79 Å². The highest BCUT2D eigenvalue weighted by molar-refractivity contribution is 5.91. The summed E-state index contributed by atoms with van der Waals surface area (Å²) in [5.74, 6) is -0.0993. The van der Waals surface area contributed by atoms with Gasteiger partial charge in [0.15, 0.2) is 0 Å². The van der Waals surface area contributed by atoms with E-state index in [-0.39, 0.29) is 12.5 Å². The standard InChI is InChI=1S/C11H16N2O2/c1-8-4-5-9(12)7-10(8)13-11(15)3-2-6-14/h4-5,7,14H,2-3,6,12H2,1H3,(H,13,15). The highest BCUT2D eigenvalue weighted by Crippen LogP contribution is 2.18. The lowest BCUT2D eigenvalue weighted by Gasteiger charge is -2.08. The van der Waals surface area contributed by atoms with Crippen molar-refractivity contribution in [2.45, 2.75) is 19.8 Å². The number of carbonyl (C=O) groups excluding carboxylic acids is 1. The number of aliphatic hydroxyl groups excluding tert-OH is 1. The molecule has 0 saturated carbocycles. The number of benzene rings is 1. The molecule has 0 aliphatic rings. The normalized spacial score (nSPS) is 10.0. The van der Waals surface area contributed by atoms with Crippen LogP contribution in [0.5, 0.6) is 0 Å². The minimum atomic E-state index is -0.0993. The van der Waals surface area contributed by atoms with Crippen molar-refractivity contribution < 1.29 is 9.90 Å². The second-order valence-electron chi connectivity index (χ2n) is 3.45. The molecule has 1 amide bonds. The van der Waals surface area contributed by atoms with Crippen LogP contribution in [0.25, 0.3) is 0 Å².